The molecule has 3 aromatic heterocycles. The molecule has 32 heavy (non-hydrogen) atoms. The van der Waals surface area contributed by atoms with Gasteiger partial charge in [0.25, 0.3) is 0 Å². The van der Waals surface area contributed by atoms with Gasteiger partial charge in [0.1, 0.15) is 17.9 Å². The minimum atomic E-state index is -0.348. The van der Waals surface area contributed by atoms with E-state index in [2.05, 4.69) is 15.1 Å². The van der Waals surface area contributed by atoms with Crippen LogP contribution in [-0.2, 0) is 20.7 Å². The third-order valence-electron chi connectivity index (χ3n) is 6.02. The van der Waals surface area contributed by atoms with E-state index >= 15 is 0 Å². The van der Waals surface area contributed by atoms with Crippen LogP contribution in [0.5, 0.6) is 5.88 Å². The van der Waals surface area contributed by atoms with Crippen molar-refractivity contribution >= 4 is 28.9 Å². The fourth-order valence-corrected chi connectivity index (χ4v) is 4.40. The Bertz CT molecular complexity index is 1120. The first-order valence-electron chi connectivity index (χ1n) is 11.0. The van der Waals surface area contributed by atoms with Crippen LogP contribution in [0.4, 0.5) is 5.69 Å². The van der Waals surface area contributed by atoms with Crippen molar-refractivity contribution < 1.29 is 19.1 Å². The summed E-state index contributed by atoms with van der Waals surface area (Å²) in [6.07, 6.45) is 10.1. The van der Waals surface area contributed by atoms with E-state index < -0.39 is 0 Å². The number of ether oxygens (including phenoxy) is 2. The Hall–Kier alpha value is -3.33. The Morgan fingerprint density at radius 2 is 2.12 bits per heavy atom. The van der Waals surface area contributed by atoms with Gasteiger partial charge in [-0.1, -0.05) is 0 Å². The van der Waals surface area contributed by atoms with Gasteiger partial charge >= 0.3 is 0 Å². The molecule has 9 nitrogen and oxygen atoms in total. The summed E-state index contributed by atoms with van der Waals surface area (Å²) in [6.45, 7) is 0.744. The quantitative estimate of drug-likeness (QED) is 0.568. The number of carbonyl (C=O) groups excluding carboxylic acids is 2. The number of anilines is 1. The second-order valence-corrected chi connectivity index (χ2v) is 8.12. The van der Waals surface area contributed by atoms with Crippen LogP contribution >= 0.6 is 0 Å². The van der Waals surface area contributed by atoms with Gasteiger partial charge in [-0.05, 0) is 49.8 Å². The molecule has 5 heterocycles. The highest BCUT2D eigenvalue weighted by molar-refractivity contribution is 5.96. The zero-order valence-corrected chi connectivity index (χ0v) is 17.7. The largest absolute Gasteiger partial charge is 0.474 e. The van der Waals surface area contributed by atoms with Crippen LogP contribution in [0.2, 0.25) is 0 Å². The number of aldehydes is 1. The lowest BCUT2D eigenvalue weighted by atomic mass is 10.0. The predicted octanol–water partition coefficient (Wildman–Crippen LogP) is 2.84. The number of aromatic nitrogens is 4. The van der Waals surface area contributed by atoms with Crippen molar-refractivity contribution in [3.05, 3.63) is 42.4 Å². The molecule has 3 aromatic rings. The van der Waals surface area contributed by atoms with Crippen molar-refractivity contribution in [2.45, 2.75) is 50.9 Å². The summed E-state index contributed by atoms with van der Waals surface area (Å²) in [7, 11) is 0. The summed E-state index contributed by atoms with van der Waals surface area (Å²) in [5.74, 6) is 0.288. The van der Waals surface area contributed by atoms with E-state index in [1.54, 1.807) is 18.6 Å². The third kappa shape index (κ3) is 4.08. The Morgan fingerprint density at radius 1 is 1.19 bits per heavy atom. The maximum absolute atomic E-state index is 12.9. The lowest BCUT2D eigenvalue weighted by Gasteiger charge is -2.28. The molecule has 9 heteroatoms. The van der Waals surface area contributed by atoms with Crippen molar-refractivity contribution in [2.24, 2.45) is 0 Å². The van der Waals surface area contributed by atoms with E-state index in [4.69, 9.17) is 9.47 Å². The maximum Gasteiger partial charge on any atom is 0.231 e. The normalized spacial score (nSPS) is 21.6. The van der Waals surface area contributed by atoms with E-state index in [1.807, 2.05) is 22.9 Å². The maximum atomic E-state index is 12.9. The molecule has 166 valence electrons. The highest BCUT2D eigenvalue weighted by Crippen LogP contribution is 2.29. The molecule has 1 amide bonds. The molecule has 1 unspecified atom stereocenters. The predicted molar refractivity (Wildman–Crippen MR) is 116 cm³/mol. The van der Waals surface area contributed by atoms with Crippen LogP contribution in [0, 0.1) is 0 Å². The monoisotopic (exact) mass is 435 g/mol. The number of carbonyl (C=O) groups is 2. The van der Waals surface area contributed by atoms with Gasteiger partial charge in [-0.2, -0.15) is 5.10 Å². The van der Waals surface area contributed by atoms with Crippen LogP contribution in [0.15, 0.2) is 36.8 Å². The first kappa shape index (κ1) is 20.6. The van der Waals surface area contributed by atoms with Crippen molar-refractivity contribution in [3.8, 4) is 5.88 Å². The standard InChI is InChI=1S/C23H25N5O4/c29-11-10-27-20-15-24-9-8-16(20)4-5-17(13-22(27)30)32-21-7-6-19-18(26-21)14-25-28(19)23-3-1-2-12-31-23/h6-9,11,14-15,17,23H,1-5,10,12-13H2/t17-,23?/m1/s1. The zero-order valence-electron chi connectivity index (χ0n) is 17.7. The first-order valence-corrected chi connectivity index (χ1v) is 11.0. The summed E-state index contributed by atoms with van der Waals surface area (Å²) in [6, 6.07) is 5.63. The molecule has 0 spiro atoms. The molecule has 1 fully saturated rings. The SMILES string of the molecule is O=CCN1C(=O)C[C@H](Oc2ccc3c(cnn3C3CCCCO3)n2)CCc2ccncc21. The third-order valence-corrected chi connectivity index (χ3v) is 6.02. The van der Waals surface area contributed by atoms with E-state index in [0.717, 1.165) is 48.8 Å². The smallest absolute Gasteiger partial charge is 0.231 e. The van der Waals surface area contributed by atoms with E-state index in [9.17, 15) is 9.59 Å². The van der Waals surface area contributed by atoms with Crippen molar-refractivity contribution in [1.82, 2.24) is 19.7 Å². The fraction of sp³-hybridized carbons (Fsp3) is 0.435. The van der Waals surface area contributed by atoms with Crippen LogP contribution in [0.1, 0.15) is 43.9 Å². The lowest BCUT2D eigenvalue weighted by Crippen LogP contribution is -2.38. The van der Waals surface area contributed by atoms with Gasteiger partial charge in [0.15, 0.2) is 6.23 Å². The minimum Gasteiger partial charge on any atom is -0.474 e. The summed E-state index contributed by atoms with van der Waals surface area (Å²) in [4.78, 5) is 34.3. The first-order chi connectivity index (χ1) is 15.7. The van der Waals surface area contributed by atoms with Gasteiger partial charge in [-0.25, -0.2) is 9.67 Å². The van der Waals surface area contributed by atoms with E-state index in [0.29, 0.717) is 24.4 Å². The van der Waals surface area contributed by atoms with Gasteiger partial charge in [-0.15, -0.1) is 0 Å². The molecule has 2 aliphatic heterocycles. The number of hydrogen-bond acceptors (Lipinski definition) is 7. The molecule has 0 aromatic carbocycles. The molecule has 0 radical (unpaired) electrons. The molecular weight excluding hydrogens is 410 g/mol. The van der Waals surface area contributed by atoms with Gasteiger partial charge in [0.05, 0.1) is 36.6 Å². The molecule has 0 N–H and O–H groups in total. The highest BCUT2D eigenvalue weighted by atomic mass is 16.5. The average Bonchev–Trinajstić information content (AvgIpc) is 3.24. The molecular formula is C23H25N5O4. The second kappa shape index (κ2) is 9.04. The number of hydrogen-bond donors (Lipinski definition) is 0. The van der Waals surface area contributed by atoms with Crippen molar-refractivity contribution in [2.75, 3.05) is 18.1 Å². The summed E-state index contributed by atoms with van der Waals surface area (Å²) >= 11 is 0. The Kier molecular flexibility index (Phi) is 5.81. The number of rotatable bonds is 5. The van der Waals surface area contributed by atoms with E-state index in [1.165, 1.54) is 4.90 Å². The second-order valence-electron chi connectivity index (χ2n) is 8.12. The fourth-order valence-electron chi connectivity index (χ4n) is 4.40. The average molecular weight is 435 g/mol. The minimum absolute atomic E-state index is 0.00310. The molecule has 1 saturated heterocycles. The molecule has 2 aliphatic rings. The van der Waals surface area contributed by atoms with Crippen LogP contribution in [0.3, 0.4) is 0 Å². The van der Waals surface area contributed by atoms with E-state index in [-0.39, 0.29) is 31.2 Å². The number of nitrogens with zero attached hydrogens (tertiary/aromatic N) is 5. The number of fused-ring (bicyclic) bond motifs is 2. The topological polar surface area (TPSA) is 99.4 Å². The summed E-state index contributed by atoms with van der Waals surface area (Å²) in [5, 5.41) is 4.48. The lowest BCUT2D eigenvalue weighted by molar-refractivity contribution is -0.121. The zero-order chi connectivity index (χ0) is 21.9. The number of pyridine rings is 2. The van der Waals surface area contributed by atoms with Crippen molar-refractivity contribution in [1.29, 1.82) is 0 Å². The molecule has 0 bridgehead atoms. The molecule has 0 aliphatic carbocycles. The van der Waals surface area contributed by atoms with Gasteiger partial charge < -0.3 is 19.2 Å². The molecule has 2 atom stereocenters. The highest BCUT2D eigenvalue weighted by Gasteiger charge is 2.27. The van der Waals surface area contributed by atoms with Crippen LogP contribution < -0.4 is 9.64 Å². The molecule has 5 rings (SSSR count). The van der Waals surface area contributed by atoms with Gasteiger partial charge in [0, 0.05) is 18.9 Å². The van der Waals surface area contributed by atoms with Gasteiger partial charge in [-0.3, -0.25) is 9.78 Å². The van der Waals surface area contributed by atoms with Crippen LogP contribution in [-0.4, -0.2) is 51.2 Å². The van der Waals surface area contributed by atoms with Gasteiger partial charge in [0.2, 0.25) is 11.8 Å². The number of aryl methyl sites for hydroxylation is 1. The molecule has 0 saturated carbocycles. The van der Waals surface area contributed by atoms with Crippen molar-refractivity contribution in [3.63, 3.8) is 0 Å². The Morgan fingerprint density at radius 3 is 2.97 bits per heavy atom. The Balaban J connectivity index is 1.35. The Labute approximate surface area is 185 Å². The summed E-state index contributed by atoms with van der Waals surface area (Å²) in [5.41, 5.74) is 3.30. The van der Waals surface area contributed by atoms with Crippen LogP contribution in [0.25, 0.3) is 11.0 Å². The summed E-state index contributed by atoms with van der Waals surface area (Å²) < 4.78 is 13.9. The number of amides is 1.